The van der Waals surface area contributed by atoms with Gasteiger partial charge in [0.25, 0.3) is 5.91 Å². The highest BCUT2D eigenvalue weighted by molar-refractivity contribution is 6.24. The fraction of sp³-hybridized carbons (Fsp3) is 0.423. The third kappa shape index (κ3) is 3.33. The minimum absolute atomic E-state index is 0.000358. The van der Waals surface area contributed by atoms with E-state index in [2.05, 4.69) is 10.3 Å². The lowest BCUT2D eigenvalue weighted by atomic mass is 9.57. The summed E-state index contributed by atoms with van der Waals surface area (Å²) >= 11 is 0. The Bertz CT molecular complexity index is 1470. The first kappa shape index (κ1) is 25.6. The molecule has 3 aliphatic rings. The average molecular weight is 524 g/mol. The van der Waals surface area contributed by atoms with E-state index in [4.69, 9.17) is 5.73 Å². The van der Waals surface area contributed by atoms with E-state index in [9.17, 15) is 34.8 Å². The second kappa shape index (κ2) is 8.50. The van der Waals surface area contributed by atoms with Crippen LogP contribution in [-0.4, -0.2) is 83.5 Å². The normalized spacial score (nSPS) is 27.1. The molecule has 0 spiro atoms. The van der Waals surface area contributed by atoms with E-state index in [-0.39, 0.29) is 35.6 Å². The Morgan fingerprint density at radius 3 is 2.47 bits per heavy atom. The molecule has 0 saturated heterocycles. The van der Waals surface area contributed by atoms with E-state index in [1.165, 1.54) is 15.6 Å². The molecule has 1 saturated carbocycles. The van der Waals surface area contributed by atoms with Gasteiger partial charge < -0.3 is 26.2 Å². The van der Waals surface area contributed by atoms with Crippen molar-refractivity contribution in [2.75, 3.05) is 14.1 Å². The second-order valence-electron chi connectivity index (χ2n) is 10.7. The molecule has 0 aliphatic heterocycles. The molecule has 2 aromatic rings. The van der Waals surface area contributed by atoms with Crippen molar-refractivity contribution in [2.24, 2.45) is 17.6 Å². The quantitative estimate of drug-likeness (QED) is 0.356. The molecule has 1 fully saturated rings. The van der Waals surface area contributed by atoms with E-state index < -0.39 is 58.0 Å². The molecule has 1 aromatic carbocycles. The maximum Gasteiger partial charge on any atom is 0.255 e. The number of phenolic OH excluding ortho intramolecular Hbond substituents is 1. The van der Waals surface area contributed by atoms with Crippen molar-refractivity contribution in [1.29, 1.82) is 0 Å². The number of aliphatic hydroxyl groups is 3. The summed E-state index contributed by atoms with van der Waals surface area (Å²) in [6.45, 7) is 3.94. The summed E-state index contributed by atoms with van der Waals surface area (Å²) in [6.07, 6.45) is 1.92. The highest BCUT2D eigenvalue weighted by Crippen LogP contribution is 2.53. The summed E-state index contributed by atoms with van der Waals surface area (Å²) in [6, 6.07) is 1.85. The number of amides is 1. The van der Waals surface area contributed by atoms with Gasteiger partial charge >= 0.3 is 0 Å². The largest absolute Gasteiger partial charge is 0.508 e. The third-order valence-corrected chi connectivity index (χ3v) is 7.93. The lowest BCUT2D eigenvalue weighted by molar-refractivity contribution is -0.153. The van der Waals surface area contributed by atoms with Crippen LogP contribution < -0.4 is 5.73 Å². The number of benzene rings is 1. The van der Waals surface area contributed by atoms with Gasteiger partial charge in [-0.3, -0.25) is 19.3 Å². The van der Waals surface area contributed by atoms with Crippen LogP contribution >= 0.6 is 0 Å². The number of phenols is 1. The van der Waals surface area contributed by atoms with Crippen molar-refractivity contribution in [2.45, 2.75) is 44.2 Å². The molecular weight excluding hydrogens is 494 g/mol. The first-order chi connectivity index (χ1) is 17.8. The number of carbonyl (C=O) groups excluding carboxylic acids is 3. The number of carbonyl (C=O) groups is 3. The van der Waals surface area contributed by atoms with Crippen LogP contribution in [-0.2, 0) is 20.8 Å². The van der Waals surface area contributed by atoms with Crippen LogP contribution in [0.4, 0.5) is 0 Å². The summed E-state index contributed by atoms with van der Waals surface area (Å²) < 4.78 is 1.54. The Morgan fingerprint density at radius 1 is 1.21 bits per heavy atom. The number of fused-ring (bicyclic) bond motifs is 3. The highest BCUT2D eigenvalue weighted by Gasteiger charge is 2.64. The predicted octanol–water partition coefficient (Wildman–Crippen LogP) is 0.668. The summed E-state index contributed by atoms with van der Waals surface area (Å²) in [5, 5.41) is 53.0. The molecule has 12 nitrogen and oxygen atoms in total. The summed E-state index contributed by atoms with van der Waals surface area (Å²) in [5.41, 5.74) is 3.42. The number of likely N-dealkylation sites (N-methyl/N-ethyl adjacent to an activating group) is 1. The second-order valence-corrected chi connectivity index (χ2v) is 10.7. The number of aromatic hydroxyl groups is 1. The monoisotopic (exact) mass is 523 g/mol. The number of rotatable bonds is 4. The van der Waals surface area contributed by atoms with Gasteiger partial charge in [-0.1, -0.05) is 19.1 Å². The van der Waals surface area contributed by atoms with Gasteiger partial charge in [-0.2, -0.15) is 0 Å². The van der Waals surface area contributed by atoms with Crippen molar-refractivity contribution >= 4 is 23.2 Å². The first-order valence-electron chi connectivity index (χ1n) is 12.2. The number of nitrogens with two attached hydrogens (primary N) is 1. The molecule has 12 heteroatoms. The van der Waals surface area contributed by atoms with Crippen molar-refractivity contribution in [3.05, 3.63) is 52.1 Å². The van der Waals surface area contributed by atoms with Gasteiger partial charge in [-0.25, -0.2) is 4.68 Å². The number of aromatic nitrogens is 3. The van der Waals surface area contributed by atoms with Gasteiger partial charge in [0.1, 0.15) is 22.8 Å². The summed E-state index contributed by atoms with van der Waals surface area (Å²) in [7, 11) is 3.11. The molecule has 0 unspecified atom stereocenters. The zero-order valence-electron chi connectivity index (χ0n) is 21.3. The van der Waals surface area contributed by atoms with E-state index in [1.54, 1.807) is 26.4 Å². The molecule has 3 aliphatic carbocycles. The fourth-order valence-electron chi connectivity index (χ4n) is 6.10. The zero-order valence-corrected chi connectivity index (χ0v) is 21.3. The van der Waals surface area contributed by atoms with Crippen LogP contribution in [0.2, 0.25) is 0 Å². The Morgan fingerprint density at radius 2 is 1.89 bits per heavy atom. The zero-order chi connectivity index (χ0) is 27.8. The van der Waals surface area contributed by atoms with Gasteiger partial charge in [-0.15, -0.1) is 5.10 Å². The van der Waals surface area contributed by atoms with Crippen molar-refractivity contribution in [3.8, 4) is 11.4 Å². The molecule has 38 heavy (non-hydrogen) atoms. The molecule has 1 heterocycles. The number of hydrogen-bond acceptors (Lipinski definition) is 10. The highest BCUT2D eigenvalue weighted by atomic mass is 16.3. The molecular formula is C26H29N5O7. The molecule has 200 valence electrons. The van der Waals surface area contributed by atoms with Gasteiger partial charge in [-0.05, 0) is 56.5 Å². The van der Waals surface area contributed by atoms with Crippen LogP contribution in [0.1, 0.15) is 43.0 Å². The van der Waals surface area contributed by atoms with Crippen molar-refractivity contribution in [3.63, 3.8) is 0 Å². The van der Waals surface area contributed by atoms with E-state index in [0.29, 0.717) is 11.3 Å². The summed E-state index contributed by atoms with van der Waals surface area (Å²) in [5.74, 6) is -6.77. The Kier molecular flexibility index (Phi) is 5.73. The lowest BCUT2D eigenvalue weighted by Gasteiger charge is -2.50. The standard InChI is InChI=1S/C26H29N5O7/c1-10(2)14-9-31(29-28-14)15-5-6-16(32)18-12(15)7-11-8-13-20(30(3)4)22(34)19(25(27)37)24(36)26(13,38)23(35)17(11)21(18)33/h5-6,9-11,13,20,32-33,36,38H,7-8H2,1-4H3,(H2,27,37)/t11-,13-,20-,26-/m0/s1. The number of Topliss-reactive ketones (excluding diaryl/α,β-unsaturated/α-hetero) is 2. The van der Waals surface area contributed by atoms with E-state index in [1.807, 2.05) is 13.8 Å². The molecule has 6 N–H and O–H groups in total. The van der Waals surface area contributed by atoms with Gasteiger partial charge in [0.2, 0.25) is 5.78 Å². The minimum atomic E-state index is -2.67. The van der Waals surface area contributed by atoms with Crippen molar-refractivity contribution < 1.29 is 34.8 Å². The Hall–Kier alpha value is -4.03. The van der Waals surface area contributed by atoms with E-state index in [0.717, 1.165) is 5.69 Å². The first-order valence-corrected chi connectivity index (χ1v) is 12.2. The maximum absolute atomic E-state index is 13.9. The molecule has 0 radical (unpaired) electrons. The van der Waals surface area contributed by atoms with E-state index >= 15 is 0 Å². The maximum atomic E-state index is 13.9. The molecule has 4 atom stereocenters. The third-order valence-electron chi connectivity index (χ3n) is 7.93. The van der Waals surface area contributed by atoms with Gasteiger partial charge in [0, 0.05) is 11.5 Å². The summed E-state index contributed by atoms with van der Waals surface area (Å²) in [4.78, 5) is 40.6. The van der Waals surface area contributed by atoms with Gasteiger partial charge in [0.05, 0.1) is 29.2 Å². The number of aliphatic hydroxyl groups excluding tert-OH is 2. The average Bonchev–Trinajstić information content (AvgIpc) is 3.31. The lowest BCUT2D eigenvalue weighted by Crippen LogP contribution is -2.65. The minimum Gasteiger partial charge on any atom is -0.508 e. The van der Waals surface area contributed by atoms with Gasteiger partial charge in [0.15, 0.2) is 11.4 Å². The fourth-order valence-corrected chi connectivity index (χ4v) is 6.10. The van der Waals surface area contributed by atoms with Crippen LogP contribution in [0.3, 0.4) is 0 Å². The number of hydrogen-bond donors (Lipinski definition) is 5. The van der Waals surface area contributed by atoms with Crippen LogP contribution in [0.25, 0.3) is 11.4 Å². The van der Waals surface area contributed by atoms with Crippen LogP contribution in [0, 0.1) is 11.8 Å². The SMILES string of the molecule is CC(C)c1cn(-c2ccc(O)c3c2C[C@H]2C[C@H]4[C@H](N(C)C)C(=O)C(C(N)=O)=C(O)[C@@]4(O)C(=O)C2=C3O)nn1. The number of ketones is 2. The van der Waals surface area contributed by atoms with Crippen LogP contribution in [0.15, 0.2) is 35.2 Å². The van der Waals surface area contributed by atoms with Crippen LogP contribution in [0.5, 0.6) is 5.75 Å². The number of primary amides is 1. The molecule has 0 bridgehead atoms. The predicted molar refractivity (Wildman–Crippen MR) is 133 cm³/mol. The smallest absolute Gasteiger partial charge is 0.255 e. The molecule has 1 amide bonds. The topological polar surface area (TPSA) is 192 Å². The van der Waals surface area contributed by atoms with Crippen molar-refractivity contribution in [1.82, 2.24) is 19.9 Å². The Balaban J connectivity index is 1.72. The molecule has 1 aromatic heterocycles. The molecule has 5 rings (SSSR count). The number of nitrogens with zero attached hydrogens (tertiary/aromatic N) is 4. The Labute approximate surface area is 217 Å².